The standard InChI is InChI=1S/C20H12Cl2FNO3S/c21-13-7-5-11(6-8-13)18-17(20(26)27)16(10-28-18)24-19(25)15(23)9-12-3-1-2-4-14(12)22/h1-10H,(H,24,25)(H,26,27). The summed E-state index contributed by atoms with van der Waals surface area (Å²) in [6.07, 6.45) is 0.991. The predicted octanol–water partition coefficient (Wildman–Crippen LogP) is 6.37. The largest absolute Gasteiger partial charge is 0.478 e. The van der Waals surface area contributed by atoms with Crippen LogP contribution < -0.4 is 5.32 Å². The Hall–Kier alpha value is -2.67. The number of rotatable bonds is 5. The minimum absolute atomic E-state index is 0.00941. The third-order valence-electron chi connectivity index (χ3n) is 3.76. The molecular formula is C20H12Cl2FNO3S. The molecule has 0 aliphatic rings. The molecule has 1 amide bonds. The first-order valence-corrected chi connectivity index (χ1v) is 9.54. The number of halogens is 3. The second-order valence-electron chi connectivity index (χ2n) is 5.63. The molecule has 0 aliphatic heterocycles. The highest BCUT2D eigenvalue weighted by molar-refractivity contribution is 7.14. The molecule has 0 saturated heterocycles. The van der Waals surface area contributed by atoms with Crippen molar-refractivity contribution in [2.75, 3.05) is 5.32 Å². The van der Waals surface area contributed by atoms with E-state index < -0.39 is 17.7 Å². The maximum Gasteiger partial charge on any atom is 0.339 e. The highest BCUT2D eigenvalue weighted by Gasteiger charge is 2.22. The summed E-state index contributed by atoms with van der Waals surface area (Å²) in [5.41, 5.74) is 0.850. The molecule has 0 aliphatic carbocycles. The molecule has 4 nitrogen and oxygen atoms in total. The van der Waals surface area contributed by atoms with Crippen molar-refractivity contribution in [3.63, 3.8) is 0 Å². The van der Waals surface area contributed by atoms with Crippen molar-refractivity contribution >= 4 is 58.2 Å². The molecule has 0 saturated carbocycles. The molecule has 0 radical (unpaired) electrons. The summed E-state index contributed by atoms with van der Waals surface area (Å²) in [4.78, 5) is 24.4. The lowest BCUT2D eigenvalue weighted by Crippen LogP contribution is -2.14. The lowest BCUT2D eigenvalue weighted by molar-refractivity contribution is -0.114. The summed E-state index contributed by atoms with van der Waals surface area (Å²) >= 11 is 12.9. The number of benzene rings is 2. The fraction of sp³-hybridized carbons (Fsp3) is 0. The van der Waals surface area contributed by atoms with Crippen molar-refractivity contribution < 1.29 is 19.1 Å². The van der Waals surface area contributed by atoms with E-state index in [1.165, 1.54) is 5.38 Å². The zero-order valence-corrected chi connectivity index (χ0v) is 16.4. The number of nitrogens with one attached hydrogen (secondary N) is 1. The summed E-state index contributed by atoms with van der Waals surface area (Å²) in [6, 6.07) is 13.1. The number of carbonyl (C=O) groups is 2. The van der Waals surface area contributed by atoms with Crippen LogP contribution >= 0.6 is 34.5 Å². The van der Waals surface area contributed by atoms with Crippen LogP contribution in [-0.2, 0) is 4.79 Å². The predicted molar refractivity (Wildman–Crippen MR) is 111 cm³/mol. The van der Waals surface area contributed by atoms with Crippen molar-refractivity contribution in [1.29, 1.82) is 0 Å². The van der Waals surface area contributed by atoms with E-state index >= 15 is 0 Å². The van der Waals surface area contributed by atoms with Gasteiger partial charge in [-0.1, -0.05) is 53.5 Å². The Kier molecular flexibility index (Phi) is 6.14. The highest BCUT2D eigenvalue weighted by Crippen LogP contribution is 2.36. The number of thiophene rings is 1. The lowest BCUT2D eigenvalue weighted by Gasteiger charge is -2.06. The normalized spacial score (nSPS) is 11.3. The van der Waals surface area contributed by atoms with Gasteiger partial charge in [-0.25, -0.2) is 9.18 Å². The Bertz CT molecular complexity index is 1080. The van der Waals surface area contributed by atoms with Gasteiger partial charge in [0.2, 0.25) is 0 Å². The molecule has 1 heterocycles. The van der Waals surface area contributed by atoms with E-state index in [1.807, 2.05) is 0 Å². The minimum atomic E-state index is -1.24. The first-order chi connectivity index (χ1) is 13.4. The fourth-order valence-corrected chi connectivity index (χ4v) is 3.77. The summed E-state index contributed by atoms with van der Waals surface area (Å²) in [5, 5.41) is 14.1. The van der Waals surface area contributed by atoms with Crippen LogP contribution in [-0.4, -0.2) is 17.0 Å². The third kappa shape index (κ3) is 4.42. The van der Waals surface area contributed by atoms with Crippen molar-refractivity contribution in [3.05, 3.63) is 80.9 Å². The molecule has 0 bridgehead atoms. The lowest BCUT2D eigenvalue weighted by atomic mass is 10.1. The molecule has 3 rings (SSSR count). The average Bonchev–Trinajstić information content (AvgIpc) is 3.08. The van der Waals surface area contributed by atoms with E-state index in [9.17, 15) is 19.1 Å². The average molecular weight is 436 g/mol. The summed E-state index contributed by atoms with van der Waals surface area (Å²) in [5.74, 6) is -3.40. The van der Waals surface area contributed by atoms with E-state index in [-0.39, 0.29) is 16.3 Å². The Morgan fingerprint density at radius 1 is 1.07 bits per heavy atom. The van der Waals surface area contributed by atoms with Gasteiger partial charge in [0.05, 0.1) is 10.6 Å². The van der Waals surface area contributed by atoms with E-state index in [2.05, 4.69) is 5.32 Å². The minimum Gasteiger partial charge on any atom is -0.478 e. The molecule has 0 unspecified atom stereocenters. The molecule has 0 spiro atoms. The topological polar surface area (TPSA) is 66.4 Å². The third-order valence-corrected chi connectivity index (χ3v) is 5.39. The Morgan fingerprint density at radius 2 is 1.75 bits per heavy atom. The van der Waals surface area contributed by atoms with Crippen molar-refractivity contribution in [1.82, 2.24) is 0 Å². The van der Waals surface area contributed by atoms with Crippen LogP contribution in [0.2, 0.25) is 10.0 Å². The van der Waals surface area contributed by atoms with Gasteiger partial charge >= 0.3 is 5.97 Å². The monoisotopic (exact) mass is 435 g/mol. The second-order valence-corrected chi connectivity index (χ2v) is 7.36. The number of aromatic carboxylic acids is 1. The fourth-order valence-electron chi connectivity index (χ4n) is 2.45. The number of hydrogen-bond donors (Lipinski definition) is 2. The van der Waals surface area contributed by atoms with Crippen LogP contribution in [0, 0.1) is 0 Å². The zero-order chi connectivity index (χ0) is 20.3. The highest BCUT2D eigenvalue weighted by atomic mass is 35.5. The van der Waals surface area contributed by atoms with Gasteiger partial charge in [-0.3, -0.25) is 4.79 Å². The first-order valence-electron chi connectivity index (χ1n) is 7.90. The van der Waals surface area contributed by atoms with Gasteiger partial charge in [0.1, 0.15) is 5.56 Å². The summed E-state index contributed by atoms with van der Waals surface area (Å²) in [6.45, 7) is 0. The van der Waals surface area contributed by atoms with Crippen molar-refractivity contribution in [3.8, 4) is 10.4 Å². The van der Waals surface area contributed by atoms with E-state index in [0.717, 1.165) is 17.4 Å². The quantitative estimate of drug-likeness (QED) is 0.457. The van der Waals surface area contributed by atoms with Crippen molar-refractivity contribution in [2.45, 2.75) is 0 Å². The number of amides is 1. The Balaban J connectivity index is 1.90. The van der Waals surface area contributed by atoms with Gasteiger partial charge in [-0.2, -0.15) is 0 Å². The summed E-state index contributed by atoms with van der Waals surface area (Å²) in [7, 11) is 0. The molecule has 2 aromatic carbocycles. The number of anilines is 1. The van der Waals surface area contributed by atoms with Gasteiger partial charge in [0.15, 0.2) is 5.83 Å². The van der Waals surface area contributed by atoms with E-state index in [1.54, 1.807) is 48.5 Å². The molecule has 0 atom stereocenters. The maximum absolute atomic E-state index is 14.3. The zero-order valence-electron chi connectivity index (χ0n) is 14.1. The van der Waals surface area contributed by atoms with Crippen molar-refractivity contribution in [2.24, 2.45) is 0 Å². The van der Waals surface area contributed by atoms with Crippen LogP contribution in [0.1, 0.15) is 15.9 Å². The number of carbonyl (C=O) groups excluding carboxylic acids is 1. The molecule has 2 N–H and O–H groups in total. The van der Waals surface area contributed by atoms with E-state index in [0.29, 0.717) is 21.0 Å². The molecular weight excluding hydrogens is 424 g/mol. The molecule has 3 aromatic rings. The molecule has 1 aromatic heterocycles. The Morgan fingerprint density at radius 3 is 2.39 bits per heavy atom. The van der Waals surface area contributed by atoms with Crippen LogP contribution in [0.25, 0.3) is 16.5 Å². The summed E-state index contributed by atoms with van der Waals surface area (Å²) < 4.78 is 14.3. The van der Waals surface area contributed by atoms with Gasteiger partial charge in [-0.15, -0.1) is 11.3 Å². The van der Waals surface area contributed by atoms with Gasteiger partial charge in [0, 0.05) is 15.4 Å². The van der Waals surface area contributed by atoms with E-state index in [4.69, 9.17) is 23.2 Å². The number of carboxylic acids is 1. The van der Waals surface area contributed by atoms with Crippen LogP contribution in [0.4, 0.5) is 10.1 Å². The van der Waals surface area contributed by atoms with Gasteiger partial charge in [0.25, 0.3) is 5.91 Å². The first kappa shape index (κ1) is 20.1. The molecule has 28 heavy (non-hydrogen) atoms. The molecule has 0 fully saturated rings. The van der Waals surface area contributed by atoms with Crippen LogP contribution in [0.15, 0.2) is 59.7 Å². The maximum atomic E-state index is 14.3. The smallest absolute Gasteiger partial charge is 0.339 e. The van der Waals surface area contributed by atoms with Crippen LogP contribution in [0.5, 0.6) is 0 Å². The van der Waals surface area contributed by atoms with Gasteiger partial charge in [-0.05, 0) is 35.4 Å². The molecule has 8 heteroatoms. The van der Waals surface area contributed by atoms with Crippen LogP contribution in [0.3, 0.4) is 0 Å². The SMILES string of the molecule is O=C(Nc1csc(-c2ccc(Cl)cc2)c1C(=O)O)C(F)=Cc1ccccc1Cl. The second kappa shape index (κ2) is 8.56. The van der Waals surface area contributed by atoms with Gasteiger partial charge < -0.3 is 10.4 Å². The number of carboxylic acid groups (broad SMARTS) is 1. The molecule has 142 valence electrons. The Labute approximate surface area is 173 Å². The number of hydrogen-bond acceptors (Lipinski definition) is 3.